The third-order valence-electron chi connectivity index (χ3n) is 3.50. The third kappa shape index (κ3) is 4.94. The molecule has 0 saturated heterocycles. The lowest BCUT2D eigenvalue weighted by atomic mass is 10.1. The number of tetrazole rings is 1. The number of benzene rings is 1. The molecule has 2 unspecified atom stereocenters. The summed E-state index contributed by atoms with van der Waals surface area (Å²) >= 11 is 12.7. The Labute approximate surface area is 174 Å². The maximum atomic E-state index is 14.4. The first-order valence-corrected chi connectivity index (χ1v) is 10.1. The van der Waals surface area contributed by atoms with E-state index in [1.165, 1.54) is 6.07 Å². The van der Waals surface area contributed by atoms with Crippen molar-refractivity contribution in [2.45, 2.75) is 29.5 Å². The van der Waals surface area contributed by atoms with E-state index >= 15 is 0 Å². The second-order valence-electron chi connectivity index (χ2n) is 5.32. The molecule has 0 aliphatic carbocycles. The number of halogens is 5. The van der Waals surface area contributed by atoms with Crippen molar-refractivity contribution in [3.63, 3.8) is 0 Å². The predicted molar refractivity (Wildman–Crippen MR) is 102 cm³/mol. The molecule has 27 heavy (non-hydrogen) atoms. The minimum Gasteiger partial charge on any atom is -0.465 e. The van der Waals surface area contributed by atoms with Gasteiger partial charge in [-0.25, -0.2) is 9.18 Å². The minimum absolute atomic E-state index is 0.0187. The molecule has 0 bridgehead atoms. The zero-order chi connectivity index (χ0) is 20.1. The van der Waals surface area contributed by atoms with Crippen molar-refractivity contribution in [1.82, 2.24) is 19.8 Å². The summed E-state index contributed by atoms with van der Waals surface area (Å²) in [5, 5.41) is 7.29. The normalized spacial score (nSPS) is 13.4. The van der Waals surface area contributed by atoms with Crippen LogP contribution in [0.5, 0.6) is 0 Å². The number of alkyl halides is 3. The van der Waals surface area contributed by atoms with Gasteiger partial charge in [0, 0.05) is 5.02 Å². The lowest BCUT2D eigenvalue weighted by Crippen LogP contribution is -2.26. The van der Waals surface area contributed by atoms with Gasteiger partial charge in [-0.2, -0.15) is 9.36 Å². The van der Waals surface area contributed by atoms with E-state index in [0.717, 1.165) is 15.4 Å². The fraction of sp³-hybridized carbons (Fsp3) is 0.467. The summed E-state index contributed by atoms with van der Waals surface area (Å²) in [4.78, 5) is 22.8. The number of aromatic nitrogens is 4. The van der Waals surface area contributed by atoms with E-state index in [9.17, 15) is 18.4 Å². The van der Waals surface area contributed by atoms with Crippen molar-refractivity contribution in [1.29, 1.82) is 0 Å². The zero-order valence-electron chi connectivity index (χ0n) is 14.0. The van der Waals surface area contributed by atoms with Gasteiger partial charge in [0.15, 0.2) is 5.82 Å². The molecule has 12 heteroatoms. The predicted octanol–water partition coefficient (Wildman–Crippen LogP) is 3.34. The second-order valence-corrected chi connectivity index (χ2v) is 7.70. The number of carbonyl (C=O) groups excluding carboxylic acids is 1. The van der Waals surface area contributed by atoms with Crippen molar-refractivity contribution < 1.29 is 18.3 Å². The smallest absolute Gasteiger partial charge is 0.368 e. The highest BCUT2D eigenvalue weighted by atomic mass is 79.9. The molecular weight excluding hydrogens is 517 g/mol. The first kappa shape index (κ1) is 22.0. The highest BCUT2D eigenvalue weighted by Gasteiger charge is 2.29. The van der Waals surface area contributed by atoms with Crippen molar-refractivity contribution in [2.75, 3.05) is 13.3 Å². The van der Waals surface area contributed by atoms with Gasteiger partial charge >= 0.3 is 11.7 Å². The molecule has 0 aliphatic heterocycles. The Balaban J connectivity index is 2.43. The van der Waals surface area contributed by atoms with Gasteiger partial charge in [0.1, 0.15) is 10.5 Å². The standard InChI is InChI=1S/C15H15Br2ClF2N4O3/c1-2-27-14(25)13(17)12(16)8-6-11(10(20)7-9(8)18)24-15(26)23(21-22-24)5-3-4-19/h6-7,12-13H,2-5H2,1H3. The van der Waals surface area contributed by atoms with E-state index in [0.29, 0.717) is 5.56 Å². The molecule has 2 aromatic rings. The minimum atomic E-state index is -0.801. The Kier molecular flexibility index (Phi) is 7.92. The van der Waals surface area contributed by atoms with Crippen LogP contribution in [0.4, 0.5) is 8.78 Å². The van der Waals surface area contributed by atoms with E-state index in [1.54, 1.807) is 6.92 Å². The second kappa shape index (κ2) is 9.74. The lowest BCUT2D eigenvalue weighted by molar-refractivity contribution is -0.142. The molecule has 2 rings (SSSR count). The summed E-state index contributed by atoms with van der Waals surface area (Å²) in [6.07, 6.45) is 0.0846. The van der Waals surface area contributed by atoms with Gasteiger partial charge < -0.3 is 4.74 Å². The molecule has 0 aliphatic rings. The largest absolute Gasteiger partial charge is 0.465 e. The van der Waals surface area contributed by atoms with Gasteiger partial charge in [-0.1, -0.05) is 43.5 Å². The highest BCUT2D eigenvalue weighted by Crippen LogP contribution is 2.37. The van der Waals surface area contributed by atoms with Crippen molar-refractivity contribution in [2.24, 2.45) is 0 Å². The molecule has 7 nitrogen and oxygen atoms in total. The molecule has 148 valence electrons. The Morgan fingerprint density at radius 1 is 1.37 bits per heavy atom. The van der Waals surface area contributed by atoms with Crippen LogP contribution in [0.15, 0.2) is 16.9 Å². The van der Waals surface area contributed by atoms with E-state index in [4.69, 9.17) is 16.3 Å². The van der Waals surface area contributed by atoms with Gasteiger partial charge in [0.25, 0.3) is 0 Å². The fourth-order valence-corrected chi connectivity index (χ4v) is 3.61. The third-order valence-corrected chi connectivity index (χ3v) is 6.46. The molecular formula is C15H15Br2ClF2N4O3. The summed E-state index contributed by atoms with van der Waals surface area (Å²) in [6, 6.07) is 2.30. The molecule has 0 fully saturated rings. The van der Waals surface area contributed by atoms with Crippen LogP contribution in [-0.4, -0.2) is 43.9 Å². The number of aryl methyl sites for hydroxylation is 1. The van der Waals surface area contributed by atoms with Crippen LogP contribution in [0.1, 0.15) is 23.7 Å². The van der Waals surface area contributed by atoms with E-state index in [2.05, 4.69) is 42.3 Å². The van der Waals surface area contributed by atoms with E-state index in [1.807, 2.05) is 0 Å². The molecule has 1 heterocycles. The number of nitrogens with zero attached hydrogens (tertiary/aromatic N) is 4. The molecule has 0 radical (unpaired) electrons. The summed E-state index contributed by atoms with van der Waals surface area (Å²) in [6.45, 7) is 1.26. The number of carbonyl (C=O) groups is 1. The highest BCUT2D eigenvalue weighted by molar-refractivity contribution is 9.12. The first-order chi connectivity index (χ1) is 12.8. The van der Waals surface area contributed by atoms with E-state index < -0.39 is 33.8 Å². The maximum absolute atomic E-state index is 14.4. The van der Waals surface area contributed by atoms with Crippen LogP contribution in [0.25, 0.3) is 5.69 Å². The molecule has 0 N–H and O–H groups in total. The Bertz CT molecular complexity index is 877. The molecule has 0 amide bonds. The van der Waals surface area contributed by atoms with Crippen LogP contribution in [0.2, 0.25) is 5.02 Å². The summed E-state index contributed by atoms with van der Waals surface area (Å²) in [5.41, 5.74) is -0.574. The molecule has 1 aromatic heterocycles. The van der Waals surface area contributed by atoms with Crippen LogP contribution in [0.3, 0.4) is 0 Å². The van der Waals surface area contributed by atoms with Crippen LogP contribution < -0.4 is 5.69 Å². The number of hydrogen-bond donors (Lipinski definition) is 0. The molecule has 2 atom stereocenters. The maximum Gasteiger partial charge on any atom is 0.368 e. The molecule has 1 aromatic carbocycles. The number of esters is 1. The number of rotatable bonds is 8. The average molecular weight is 533 g/mol. The van der Waals surface area contributed by atoms with Crippen molar-refractivity contribution in [3.05, 3.63) is 39.0 Å². The number of hydrogen-bond acceptors (Lipinski definition) is 5. The summed E-state index contributed by atoms with van der Waals surface area (Å²) < 4.78 is 33.3. The van der Waals surface area contributed by atoms with Crippen molar-refractivity contribution >= 4 is 49.4 Å². The SMILES string of the molecule is CCOC(=O)C(Br)C(Br)c1cc(-n2nnn(CCCF)c2=O)c(F)cc1Cl. The zero-order valence-corrected chi connectivity index (χ0v) is 18.0. The van der Waals surface area contributed by atoms with Gasteiger partial charge in [-0.3, -0.25) is 9.18 Å². The van der Waals surface area contributed by atoms with Gasteiger partial charge in [0.05, 0.1) is 24.7 Å². The Hall–Kier alpha value is -1.33. The molecule has 0 saturated carbocycles. The van der Waals surface area contributed by atoms with Crippen molar-refractivity contribution in [3.8, 4) is 5.69 Å². The number of ether oxygens (including phenoxy) is 1. The van der Waals surface area contributed by atoms with Crippen LogP contribution in [-0.2, 0) is 16.1 Å². The first-order valence-electron chi connectivity index (χ1n) is 7.84. The van der Waals surface area contributed by atoms with E-state index in [-0.39, 0.29) is 30.3 Å². The quantitative estimate of drug-likeness (QED) is 0.385. The van der Waals surface area contributed by atoms with Gasteiger partial charge in [-0.05, 0) is 41.5 Å². The van der Waals surface area contributed by atoms with Crippen LogP contribution in [0, 0.1) is 5.82 Å². The van der Waals surface area contributed by atoms with Gasteiger partial charge in [0.2, 0.25) is 0 Å². The summed E-state index contributed by atoms with van der Waals surface area (Å²) in [5.74, 6) is -1.33. The Morgan fingerprint density at radius 3 is 2.70 bits per heavy atom. The topological polar surface area (TPSA) is 79.0 Å². The average Bonchev–Trinajstić information content (AvgIpc) is 2.99. The molecule has 0 spiro atoms. The fourth-order valence-electron chi connectivity index (χ4n) is 2.20. The lowest BCUT2D eigenvalue weighted by Gasteiger charge is -2.18. The van der Waals surface area contributed by atoms with Gasteiger partial charge in [-0.15, -0.1) is 0 Å². The summed E-state index contributed by atoms with van der Waals surface area (Å²) in [7, 11) is 0. The monoisotopic (exact) mass is 530 g/mol. The van der Waals surface area contributed by atoms with Crippen LogP contribution >= 0.6 is 43.5 Å². The Morgan fingerprint density at radius 2 is 2.07 bits per heavy atom.